The summed E-state index contributed by atoms with van der Waals surface area (Å²) in [7, 11) is 0. The monoisotopic (exact) mass is 798 g/mol. The molecule has 19 unspecified atom stereocenters. The molecule has 14 nitrogen and oxygen atoms in total. The number of allylic oxidation sites excluding steroid dienone is 1. The summed E-state index contributed by atoms with van der Waals surface area (Å²) in [5, 5.41) is 105. The first-order valence-electron chi connectivity index (χ1n) is 21.1. The molecule has 2 saturated heterocycles. The second-order valence-corrected chi connectivity index (χ2v) is 20.5. The molecule has 19 atom stereocenters. The summed E-state index contributed by atoms with van der Waals surface area (Å²) in [4.78, 5) is 0. The minimum Gasteiger partial charge on any atom is -0.396 e. The lowest BCUT2D eigenvalue weighted by Crippen LogP contribution is -2.67. The maximum absolute atomic E-state index is 11.7. The van der Waals surface area contributed by atoms with Crippen LogP contribution in [0.15, 0.2) is 11.6 Å². The molecule has 0 radical (unpaired) electrons. The number of hydrogen-bond donors (Lipinski definition) is 10. The van der Waals surface area contributed by atoms with Crippen molar-refractivity contribution in [2.75, 3.05) is 33.0 Å². The van der Waals surface area contributed by atoms with E-state index < -0.39 is 80.0 Å². The molecule has 2 heterocycles. The summed E-state index contributed by atoms with van der Waals surface area (Å²) in [6.07, 6.45) is -3.34. The van der Waals surface area contributed by atoms with Gasteiger partial charge in [0.2, 0.25) is 0 Å². The summed E-state index contributed by atoms with van der Waals surface area (Å²) in [6, 6.07) is 0. The molecule has 56 heavy (non-hydrogen) atoms. The normalized spacial score (nSPS) is 54.2. The number of ether oxygens (including phenoxy) is 4. The summed E-state index contributed by atoms with van der Waals surface area (Å²) in [5.41, 5.74) is -0.655. The van der Waals surface area contributed by atoms with Crippen molar-refractivity contribution in [2.45, 2.75) is 166 Å². The molecule has 0 bridgehead atoms. The first-order valence-corrected chi connectivity index (χ1v) is 21.1. The Labute approximate surface area is 330 Å². The molecule has 14 heteroatoms. The van der Waals surface area contributed by atoms with Crippen molar-refractivity contribution in [2.24, 2.45) is 50.2 Å². The fourth-order valence-corrected chi connectivity index (χ4v) is 13.9. The highest BCUT2D eigenvalue weighted by Gasteiger charge is 2.70. The van der Waals surface area contributed by atoms with Crippen LogP contribution in [0.25, 0.3) is 0 Å². The van der Waals surface area contributed by atoms with Crippen molar-refractivity contribution in [1.82, 2.24) is 0 Å². The van der Waals surface area contributed by atoms with Crippen molar-refractivity contribution in [3.8, 4) is 0 Å². The van der Waals surface area contributed by atoms with Gasteiger partial charge in [0.05, 0.1) is 32.5 Å². The lowest BCUT2D eigenvalue weighted by molar-refractivity contribution is -0.330. The van der Waals surface area contributed by atoms with E-state index in [0.29, 0.717) is 12.8 Å². The smallest absolute Gasteiger partial charge is 0.186 e. The van der Waals surface area contributed by atoms with Crippen LogP contribution in [-0.4, -0.2) is 152 Å². The van der Waals surface area contributed by atoms with Crippen LogP contribution in [0, 0.1) is 50.2 Å². The molecule has 0 aromatic carbocycles. The first kappa shape index (κ1) is 43.3. The number of hydrogen-bond acceptors (Lipinski definition) is 14. The minimum atomic E-state index is -1.52. The van der Waals surface area contributed by atoms with Crippen molar-refractivity contribution in [3.05, 3.63) is 11.6 Å². The van der Waals surface area contributed by atoms with E-state index in [1.165, 1.54) is 5.57 Å². The number of aliphatic hydroxyl groups excluding tert-OH is 10. The molecule has 7 aliphatic rings. The predicted octanol–water partition coefficient (Wildman–Crippen LogP) is 0.735. The summed E-state index contributed by atoms with van der Waals surface area (Å²) >= 11 is 0. The SMILES string of the molecule is CC1(COC2OC(CO)C(O)C(O)C2O)CCC2(CO)CCC3(CO)C(=CCC4C5(C)CCC(OC6OC(CO)C(O)C(O)C6O)C(C)(C)C5CCC43C)C2C1. The van der Waals surface area contributed by atoms with E-state index in [-0.39, 0.29) is 70.8 Å². The second kappa shape index (κ2) is 15.3. The van der Waals surface area contributed by atoms with Crippen LogP contribution >= 0.6 is 0 Å². The van der Waals surface area contributed by atoms with Gasteiger partial charge < -0.3 is 70.0 Å². The second-order valence-electron chi connectivity index (χ2n) is 20.5. The third-order valence-corrected chi connectivity index (χ3v) is 17.5. The quantitative estimate of drug-likeness (QED) is 0.114. The lowest BCUT2D eigenvalue weighted by atomic mass is 9.33. The van der Waals surface area contributed by atoms with Crippen LogP contribution in [0.4, 0.5) is 0 Å². The molecular formula is C42H70O14. The van der Waals surface area contributed by atoms with Gasteiger partial charge in [-0.25, -0.2) is 0 Å². The number of aliphatic hydroxyl groups is 10. The van der Waals surface area contributed by atoms with Crippen LogP contribution in [-0.2, 0) is 18.9 Å². The Morgan fingerprint density at radius 2 is 1.27 bits per heavy atom. The van der Waals surface area contributed by atoms with Crippen molar-refractivity contribution in [3.63, 3.8) is 0 Å². The Morgan fingerprint density at radius 1 is 0.661 bits per heavy atom. The lowest BCUT2D eigenvalue weighted by Gasteiger charge is -2.72. The molecule has 7 rings (SSSR count). The standard InChI is InChI=1S/C42H70O14/c1-37(2)26-8-11-40(5)27(39(26,4)10-9-28(37)56-36-34(52)32(50)30(48)25(18-44)55-36)7-6-22-23-16-38(3,12-13-41(23,19-45)14-15-42(22,40)20-46)21-53-35-33(51)31(49)29(47)24(17-43)54-35/h6,23-36,43-52H,7-21H2,1-5H3. The molecule has 0 spiro atoms. The summed E-state index contributed by atoms with van der Waals surface area (Å²) in [5.74, 6) is 0.483. The molecule has 322 valence electrons. The van der Waals surface area contributed by atoms with E-state index in [9.17, 15) is 51.1 Å². The van der Waals surface area contributed by atoms with Crippen LogP contribution in [0.1, 0.15) is 98.8 Å². The highest BCUT2D eigenvalue weighted by atomic mass is 16.7. The Bertz CT molecular complexity index is 1440. The molecule has 4 saturated carbocycles. The number of fused-ring (bicyclic) bond motifs is 7. The zero-order valence-electron chi connectivity index (χ0n) is 33.9. The Kier molecular flexibility index (Phi) is 11.8. The van der Waals surface area contributed by atoms with Crippen molar-refractivity contribution >= 4 is 0 Å². The Balaban J connectivity index is 1.13. The topological polar surface area (TPSA) is 239 Å². The first-order chi connectivity index (χ1) is 26.3. The number of rotatable bonds is 9. The van der Waals surface area contributed by atoms with Gasteiger partial charge in [0.15, 0.2) is 12.6 Å². The van der Waals surface area contributed by atoms with E-state index in [4.69, 9.17) is 18.9 Å². The van der Waals surface area contributed by atoms with E-state index in [2.05, 4.69) is 40.7 Å². The average Bonchev–Trinajstić information content (AvgIpc) is 3.17. The molecule has 10 N–H and O–H groups in total. The largest absolute Gasteiger partial charge is 0.396 e. The molecule has 6 fully saturated rings. The zero-order valence-corrected chi connectivity index (χ0v) is 33.9. The van der Waals surface area contributed by atoms with Crippen LogP contribution in [0.5, 0.6) is 0 Å². The highest BCUT2D eigenvalue weighted by molar-refractivity contribution is 5.35. The summed E-state index contributed by atoms with van der Waals surface area (Å²) < 4.78 is 24.1. The van der Waals surface area contributed by atoms with Gasteiger partial charge in [0.25, 0.3) is 0 Å². The van der Waals surface area contributed by atoms with Gasteiger partial charge >= 0.3 is 0 Å². The molecule has 5 aliphatic carbocycles. The minimum absolute atomic E-state index is 0.00651. The molecule has 0 aromatic heterocycles. The van der Waals surface area contributed by atoms with E-state index in [0.717, 1.165) is 51.4 Å². The predicted molar refractivity (Wildman–Crippen MR) is 200 cm³/mol. The maximum Gasteiger partial charge on any atom is 0.186 e. The zero-order chi connectivity index (χ0) is 40.8. The third kappa shape index (κ3) is 6.42. The average molecular weight is 799 g/mol. The van der Waals surface area contributed by atoms with Crippen LogP contribution < -0.4 is 0 Å². The van der Waals surface area contributed by atoms with Gasteiger partial charge in [-0.3, -0.25) is 0 Å². The van der Waals surface area contributed by atoms with E-state index in [1.54, 1.807) is 0 Å². The Morgan fingerprint density at radius 3 is 1.88 bits per heavy atom. The van der Waals surface area contributed by atoms with E-state index >= 15 is 0 Å². The molecular weight excluding hydrogens is 728 g/mol. The Hall–Kier alpha value is -0.820. The maximum atomic E-state index is 11.7. The fourth-order valence-electron chi connectivity index (χ4n) is 13.9. The van der Waals surface area contributed by atoms with Gasteiger partial charge in [0, 0.05) is 17.4 Å². The van der Waals surface area contributed by atoms with Gasteiger partial charge in [-0.05, 0) is 104 Å². The van der Waals surface area contributed by atoms with Gasteiger partial charge in [-0.15, -0.1) is 0 Å². The van der Waals surface area contributed by atoms with Crippen LogP contribution in [0.2, 0.25) is 0 Å². The fraction of sp³-hybridized carbons (Fsp3) is 0.952. The summed E-state index contributed by atoms with van der Waals surface area (Å²) in [6.45, 7) is 10.6. The molecule has 0 amide bonds. The van der Waals surface area contributed by atoms with Crippen molar-refractivity contribution in [1.29, 1.82) is 0 Å². The van der Waals surface area contributed by atoms with Gasteiger partial charge in [-0.1, -0.05) is 46.3 Å². The highest BCUT2D eigenvalue weighted by Crippen LogP contribution is 2.76. The van der Waals surface area contributed by atoms with Crippen molar-refractivity contribution < 1.29 is 70.0 Å². The molecule has 0 aromatic rings. The molecule has 2 aliphatic heterocycles. The van der Waals surface area contributed by atoms with Gasteiger partial charge in [0.1, 0.15) is 48.8 Å². The van der Waals surface area contributed by atoms with Crippen LogP contribution in [0.3, 0.4) is 0 Å². The van der Waals surface area contributed by atoms with E-state index in [1.807, 2.05) is 0 Å². The van der Waals surface area contributed by atoms with Gasteiger partial charge in [-0.2, -0.15) is 0 Å². The third-order valence-electron chi connectivity index (χ3n) is 17.5.